The van der Waals surface area contributed by atoms with Gasteiger partial charge < -0.3 is 20.1 Å². The van der Waals surface area contributed by atoms with Crippen molar-refractivity contribution in [3.05, 3.63) is 0 Å². The molecule has 0 rings (SSSR count). The summed E-state index contributed by atoms with van der Waals surface area (Å²) in [6, 6.07) is 0. The van der Waals surface area contributed by atoms with Crippen molar-refractivity contribution in [2.75, 3.05) is 33.0 Å². The number of phosphoric acid groups is 1. The van der Waals surface area contributed by atoms with Gasteiger partial charge in [-0.2, -0.15) is 0 Å². The van der Waals surface area contributed by atoms with E-state index in [2.05, 4.69) is 11.4 Å². The minimum Gasteiger partial charge on any atom is -0.457 e. The number of hydrogen-bond donors (Lipinski definition) is 2. The van der Waals surface area contributed by atoms with E-state index in [1.54, 1.807) is 6.92 Å². The molecule has 0 spiro atoms. The second kappa shape index (κ2) is 26.1. The third-order valence-electron chi connectivity index (χ3n) is 6.08. The van der Waals surface area contributed by atoms with Gasteiger partial charge in [-0.1, -0.05) is 117 Å². The number of carbonyl (C=O) groups excluding carboxylic acids is 1. The van der Waals surface area contributed by atoms with Crippen molar-refractivity contribution < 1.29 is 32.8 Å². The summed E-state index contributed by atoms with van der Waals surface area (Å²) < 4.78 is 32.2. The van der Waals surface area contributed by atoms with Gasteiger partial charge >= 0.3 is 13.8 Å². The van der Waals surface area contributed by atoms with Gasteiger partial charge in [0.1, 0.15) is 6.10 Å². The third kappa shape index (κ3) is 25.2. The fourth-order valence-electron chi connectivity index (χ4n) is 3.91. The van der Waals surface area contributed by atoms with Crippen LogP contribution in [0.4, 0.5) is 0 Å². The first-order valence-electron chi connectivity index (χ1n) is 14.5. The lowest BCUT2D eigenvalue weighted by Gasteiger charge is -2.19. The minimum atomic E-state index is -4.22. The van der Waals surface area contributed by atoms with Gasteiger partial charge in [-0.05, 0) is 6.42 Å². The van der Waals surface area contributed by atoms with E-state index in [4.69, 9.17) is 19.7 Å². The number of esters is 1. The molecule has 0 aromatic rings. The van der Waals surface area contributed by atoms with Crippen LogP contribution in [0.3, 0.4) is 0 Å². The first kappa shape index (κ1) is 35.5. The second-order valence-electron chi connectivity index (χ2n) is 9.58. The summed E-state index contributed by atoms with van der Waals surface area (Å²) in [4.78, 5) is 21.2. The maximum Gasteiger partial charge on any atom is 0.472 e. The topological polar surface area (TPSA) is 117 Å². The van der Waals surface area contributed by atoms with Gasteiger partial charge in [0.15, 0.2) is 0 Å². The maximum atomic E-state index is 11.8. The Hall–Kier alpha value is -0.500. The SMILES string of the molecule is CCCCCCCCCCCCCCCCCCCOCC(COP(=O)(O)OCCN)OC(=O)CC. The smallest absolute Gasteiger partial charge is 0.457 e. The fraction of sp³-hybridized carbons (Fsp3) is 0.963. The van der Waals surface area contributed by atoms with Crippen molar-refractivity contribution in [1.29, 1.82) is 0 Å². The zero-order valence-corrected chi connectivity index (χ0v) is 24.2. The first-order chi connectivity index (χ1) is 17.4. The molecule has 0 aromatic heterocycles. The molecule has 0 aliphatic heterocycles. The van der Waals surface area contributed by atoms with E-state index in [1.165, 1.54) is 96.3 Å². The number of ether oxygens (including phenoxy) is 2. The van der Waals surface area contributed by atoms with Crippen LogP contribution in [-0.4, -0.2) is 49.9 Å². The molecule has 36 heavy (non-hydrogen) atoms. The van der Waals surface area contributed by atoms with Crippen LogP contribution in [0.1, 0.15) is 129 Å². The van der Waals surface area contributed by atoms with Crippen LogP contribution in [0.15, 0.2) is 0 Å². The van der Waals surface area contributed by atoms with Gasteiger partial charge in [0, 0.05) is 19.6 Å². The van der Waals surface area contributed by atoms with Crippen LogP contribution in [0.5, 0.6) is 0 Å². The van der Waals surface area contributed by atoms with E-state index in [0.29, 0.717) is 6.61 Å². The molecule has 0 fully saturated rings. The Labute approximate surface area is 221 Å². The normalized spacial score (nSPS) is 14.0. The number of hydrogen-bond acceptors (Lipinski definition) is 7. The summed E-state index contributed by atoms with van der Waals surface area (Å²) in [5.74, 6) is -0.416. The number of rotatable bonds is 28. The van der Waals surface area contributed by atoms with Crippen molar-refractivity contribution in [1.82, 2.24) is 0 Å². The second-order valence-corrected chi connectivity index (χ2v) is 11.0. The lowest BCUT2D eigenvalue weighted by atomic mass is 10.0. The number of unbranched alkanes of at least 4 members (excludes halogenated alkanes) is 16. The van der Waals surface area contributed by atoms with Gasteiger partial charge in [-0.3, -0.25) is 13.8 Å². The fourth-order valence-corrected chi connectivity index (χ4v) is 4.68. The summed E-state index contributed by atoms with van der Waals surface area (Å²) >= 11 is 0. The Morgan fingerprint density at radius 3 is 1.64 bits per heavy atom. The zero-order valence-electron chi connectivity index (χ0n) is 23.3. The molecule has 0 aliphatic carbocycles. The molecule has 0 radical (unpaired) electrons. The molecule has 0 saturated carbocycles. The lowest BCUT2D eigenvalue weighted by Crippen LogP contribution is -2.28. The first-order valence-corrected chi connectivity index (χ1v) is 16.0. The standard InChI is InChI=1S/C27H56NO7P/c1-3-5-6-7-8-9-10-11-12-13-14-15-16-17-18-19-20-22-32-24-26(35-27(29)4-2)25-34-36(30,31)33-23-21-28/h26H,3-25,28H2,1-2H3,(H,30,31). The molecule has 3 N–H and O–H groups in total. The largest absolute Gasteiger partial charge is 0.472 e. The minimum absolute atomic E-state index is 0.0942. The van der Waals surface area contributed by atoms with E-state index in [0.717, 1.165) is 12.8 Å². The molecule has 216 valence electrons. The summed E-state index contributed by atoms with van der Waals surface area (Å²) in [6.45, 7) is 4.35. The Kier molecular flexibility index (Phi) is 25.8. The molecule has 0 heterocycles. The van der Waals surface area contributed by atoms with Crippen molar-refractivity contribution in [3.8, 4) is 0 Å². The number of carbonyl (C=O) groups is 1. The van der Waals surface area contributed by atoms with E-state index < -0.39 is 19.9 Å². The van der Waals surface area contributed by atoms with E-state index in [-0.39, 0.29) is 32.8 Å². The number of phosphoric ester groups is 1. The summed E-state index contributed by atoms with van der Waals surface area (Å²) in [6.07, 6.45) is 21.9. The Morgan fingerprint density at radius 1 is 0.722 bits per heavy atom. The van der Waals surface area contributed by atoms with Crippen molar-refractivity contribution in [2.45, 2.75) is 136 Å². The molecular weight excluding hydrogens is 481 g/mol. The summed E-state index contributed by atoms with van der Waals surface area (Å²) in [5.41, 5.74) is 5.26. The van der Waals surface area contributed by atoms with E-state index in [1.807, 2.05) is 0 Å². The van der Waals surface area contributed by atoms with Gasteiger partial charge in [-0.25, -0.2) is 4.57 Å². The molecule has 2 unspecified atom stereocenters. The van der Waals surface area contributed by atoms with Crippen LogP contribution in [0.2, 0.25) is 0 Å². The molecule has 0 amide bonds. The molecule has 0 bridgehead atoms. The average molecular weight is 538 g/mol. The van der Waals surface area contributed by atoms with Crippen molar-refractivity contribution >= 4 is 13.8 Å². The molecule has 0 saturated heterocycles. The maximum absolute atomic E-state index is 11.8. The van der Waals surface area contributed by atoms with Gasteiger partial charge in [0.05, 0.1) is 19.8 Å². The lowest BCUT2D eigenvalue weighted by molar-refractivity contribution is -0.154. The van der Waals surface area contributed by atoms with Crippen molar-refractivity contribution in [2.24, 2.45) is 5.73 Å². The van der Waals surface area contributed by atoms with E-state index in [9.17, 15) is 14.3 Å². The Bertz CT molecular complexity index is 536. The highest BCUT2D eigenvalue weighted by Crippen LogP contribution is 2.43. The highest BCUT2D eigenvalue weighted by Gasteiger charge is 2.24. The van der Waals surface area contributed by atoms with Gasteiger partial charge in [0.2, 0.25) is 0 Å². The van der Waals surface area contributed by atoms with Crippen LogP contribution in [0, 0.1) is 0 Å². The zero-order chi connectivity index (χ0) is 26.7. The van der Waals surface area contributed by atoms with Gasteiger partial charge in [-0.15, -0.1) is 0 Å². The highest BCUT2D eigenvalue weighted by atomic mass is 31.2. The quantitative estimate of drug-likeness (QED) is 0.0618. The molecule has 0 aliphatic rings. The van der Waals surface area contributed by atoms with Crippen LogP contribution < -0.4 is 5.73 Å². The van der Waals surface area contributed by atoms with Crippen LogP contribution in [-0.2, 0) is 27.9 Å². The highest BCUT2D eigenvalue weighted by molar-refractivity contribution is 7.47. The van der Waals surface area contributed by atoms with Crippen LogP contribution in [0.25, 0.3) is 0 Å². The molecule has 9 heteroatoms. The third-order valence-corrected chi connectivity index (χ3v) is 7.06. The summed E-state index contributed by atoms with van der Waals surface area (Å²) in [5, 5.41) is 0. The Morgan fingerprint density at radius 2 is 1.19 bits per heavy atom. The van der Waals surface area contributed by atoms with Gasteiger partial charge in [0.25, 0.3) is 0 Å². The predicted octanol–water partition coefficient (Wildman–Crippen LogP) is 7.07. The average Bonchev–Trinajstić information content (AvgIpc) is 2.87. The Balaban J connectivity index is 3.63. The molecule has 8 nitrogen and oxygen atoms in total. The molecular formula is C27H56NO7P. The van der Waals surface area contributed by atoms with E-state index >= 15 is 0 Å². The molecule has 2 atom stereocenters. The predicted molar refractivity (Wildman–Crippen MR) is 146 cm³/mol. The monoisotopic (exact) mass is 537 g/mol. The summed E-state index contributed by atoms with van der Waals surface area (Å²) in [7, 11) is -4.22. The van der Waals surface area contributed by atoms with Crippen molar-refractivity contribution in [3.63, 3.8) is 0 Å². The van der Waals surface area contributed by atoms with Crippen LogP contribution >= 0.6 is 7.82 Å². The molecule has 0 aromatic carbocycles. The number of nitrogens with two attached hydrogens (primary N) is 1.